The summed E-state index contributed by atoms with van der Waals surface area (Å²) in [5.74, 6) is 0.638. The van der Waals surface area contributed by atoms with Gasteiger partial charge in [0.1, 0.15) is 0 Å². The normalized spacial score (nSPS) is 12.2. The standard InChI is InChI=1S/C10H19N/c1-5-10(8(2)3)7-6-9(4)11/h5,8H,4,6-7,11H2,1-3H3/b10-5+. The van der Waals surface area contributed by atoms with E-state index < -0.39 is 0 Å². The maximum absolute atomic E-state index is 5.47. The molecule has 11 heavy (non-hydrogen) atoms. The molecule has 0 atom stereocenters. The lowest BCUT2D eigenvalue weighted by atomic mass is 9.98. The molecule has 0 aromatic heterocycles. The average Bonchev–Trinajstić information content (AvgIpc) is 1.87. The molecule has 0 fully saturated rings. The molecule has 1 nitrogen and oxygen atoms in total. The van der Waals surface area contributed by atoms with Gasteiger partial charge >= 0.3 is 0 Å². The molecule has 0 aliphatic rings. The summed E-state index contributed by atoms with van der Waals surface area (Å²) in [6.45, 7) is 10.2. The number of allylic oxidation sites excluding steroid dienone is 3. The van der Waals surface area contributed by atoms with E-state index in [0.29, 0.717) is 5.92 Å². The van der Waals surface area contributed by atoms with Gasteiger partial charge in [0, 0.05) is 5.70 Å². The van der Waals surface area contributed by atoms with E-state index in [4.69, 9.17) is 5.73 Å². The summed E-state index contributed by atoms with van der Waals surface area (Å²) >= 11 is 0. The van der Waals surface area contributed by atoms with Gasteiger partial charge in [-0.2, -0.15) is 0 Å². The number of hydrogen-bond donors (Lipinski definition) is 1. The quantitative estimate of drug-likeness (QED) is 0.617. The molecular weight excluding hydrogens is 134 g/mol. The summed E-state index contributed by atoms with van der Waals surface area (Å²) in [5, 5.41) is 0. The van der Waals surface area contributed by atoms with Crippen LogP contribution in [-0.4, -0.2) is 0 Å². The minimum absolute atomic E-state index is 0.638. The molecule has 0 saturated heterocycles. The highest BCUT2D eigenvalue weighted by atomic mass is 14.5. The van der Waals surface area contributed by atoms with Crippen molar-refractivity contribution in [1.82, 2.24) is 0 Å². The van der Waals surface area contributed by atoms with E-state index in [1.807, 2.05) is 0 Å². The summed E-state index contributed by atoms with van der Waals surface area (Å²) in [4.78, 5) is 0. The maximum Gasteiger partial charge on any atom is 0.00107 e. The second-order valence-electron chi connectivity index (χ2n) is 3.18. The van der Waals surface area contributed by atoms with Crippen molar-refractivity contribution in [3.05, 3.63) is 23.9 Å². The number of hydrogen-bond acceptors (Lipinski definition) is 1. The molecule has 2 N–H and O–H groups in total. The van der Waals surface area contributed by atoms with Gasteiger partial charge in [-0.05, 0) is 25.7 Å². The van der Waals surface area contributed by atoms with Gasteiger partial charge in [-0.15, -0.1) is 0 Å². The Morgan fingerprint density at radius 2 is 2.00 bits per heavy atom. The Balaban J connectivity index is 3.81. The van der Waals surface area contributed by atoms with Crippen LogP contribution < -0.4 is 5.73 Å². The summed E-state index contributed by atoms with van der Waals surface area (Å²) < 4.78 is 0. The van der Waals surface area contributed by atoms with E-state index in [1.54, 1.807) is 0 Å². The minimum Gasteiger partial charge on any atom is -0.403 e. The minimum atomic E-state index is 0.638. The summed E-state index contributed by atoms with van der Waals surface area (Å²) in [6, 6.07) is 0. The molecule has 0 amide bonds. The lowest BCUT2D eigenvalue weighted by Crippen LogP contribution is -1.99. The first-order valence-electron chi connectivity index (χ1n) is 4.16. The first-order valence-corrected chi connectivity index (χ1v) is 4.16. The Labute approximate surface area is 70.0 Å². The van der Waals surface area contributed by atoms with Gasteiger partial charge in [0.15, 0.2) is 0 Å². The predicted molar refractivity (Wildman–Crippen MR) is 51.2 cm³/mol. The Morgan fingerprint density at radius 1 is 1.45 bits per heavy atom. The van der Waals surface area contributed by atoms with Crippen LogP contribution in [0.3, 0.4) is 0 Å². The van der Waals surface area contributed by atoms with Gasteiger partial charge in [0.05, 0.1) is 0 Å². The smallest absolute Gasteiger partial charge is 0.00107 e. The highest BCUT2D eigenvalue weighted by Crippen LogP contribution is 2.16. The third-order valence-electron chi connectivity index (χ3n) is 1.85. The van der Waals surface area contributed by atoms with Crippen molar-refractivity contribution in [2.45, 2.75) is 33.6 Å². The second kappa shape index (κ2) is 5.00. The third kappa shape index (κ3) is 4.65. The SMILES string of the molecule is C=C(N)CC/C(=C\C)C(C)C. The molecule has 0 aliphatic heterocycles. The predicted octanol–water partition coefficient (Wildman–Crippen LogP) is 2.84. The Morgan fingerprint density at radius 3 is 2.27 bits per heavy atom. The highest BCUT2D eigenvalue weighted by Gasteiger charge is 2.01. The Kier molecular flexibility index (Phi) is 4.67. The summed E-state index contributed by atoms with van der Waals surface area (Å²) in [6.07, 6.45) is 4.15. The topological polar surface area (TPSA) is 26.0 Å². The zero-order chi connectivity index (χ0) is 8.85. The molecule has 0 radical (unpaired) electrons. The molecular formula is C10H19N. The molecule has 0 rings (SSSR count). The molecule has 1 heteroatoms. The van der Waals surface area contributed by atoms with E-state index in [9.17, 15) is 0 Å². The molecule has 0 saturated carbocycles. The molecule has 0 aromatic carbocycles. The second-order valence-corrected chi connectivity index (χ2v) is 3.18. The van der Waals surface area contributed by atoms with Crippen LogP contribution in [0.15, 0.2) is 23.9 Å². The Bertz CT molecular complexity index is 154. The fourth-order valence-electron chi connectivity index (χ4n) is 1.07. The van der Waals surface area contributed by atoms with E-state index in [0.717, 1.165) is 18.5 Å². The van der Waals surface area contributed by atoms with Gasteiger partial charge in [0.25, 0.3) is 0 Å². The van der Waals surface area contributed by atoms with Crippen molar-refractivity contribution in [3.63, 3.8) is 0 Å². The fraction of sp³-hybridized carbons (Fsp3) is 0.600. The maximum atomic E-state index is 5.47. The van der Waals surface area contributed by atoms with E-state index in [1.165, 1.54) is 5.57 Å². The zero-order valence-electron chi connectivity index (χ0n) is 7.85. The summed E-state index contributed by atoms with van der Waals surface area (Å²) in [7, 11) is 0. The number of rotatable bonds is 4. The van der Waals surface area contributed by atoms with Crippen molar-refractivity contribution in [1.29, 1.82) is 0 Å². The monoisotopic (exact) mass is 153 g/mol. The molecule has 64 valence electrons. The van der Waals surface area contributed by atoms with Gasteiger partial charge in [-0.1, -0.05) is 32.1 Å². The van der Waals surface area contributed by atoms with Crippen LogP contribution in [0.5, 0.6) is 0 Å². The molecule has 0 heterocycles. The lowest BCUT2D eigenvalue weighted by molar-refractivity contribution is 0.704. The molecule has 0 aliphatic carbocycles. The average molecular weight is 153 g/mol. The van der Waals surface area contributed by atoms with Gasteiger partial charge in [-0.25, -0.2) is 0 Å². The lowest BCUT2D eigenvalue weighted by Gasteiger charge is -2.09. The van der Waals surface area contributed by atoms with Crippen molar-refractivity contribution in [3.8, 4) is 0 Å². The van der Waals surface area contributed by atoms with Crippen LogP contribution in [0.1, 0.15) is 33.6 Å². The van der Waals surface area contributed by atoms with Crippen LogP contribution in [-0.2, 0) is 0 Å². The summed E-state index contributed by atoms with van der Waals surface area (Å²) in [5.41, 5.74) is 7.73. The van der Waals surface area contributed by atoms with Crippen LogP contribution in [0.25, 0.3) is 0 Å². The number of nitrogens with two attached hydrogens (primary N) is 1. The van der Waals surface area contributed by atoms with Crippen molar-refractivity contribution >= 4 is 0 Å². The van der Waals surface area contributed by atoms with Crippen molar-refractivity contribution < 1.29 is 0 Å². The highest BCUT2D eigenvalue weighted by molar-refractivity contribution is 5.05. The van der Waals surface area contributed by atoms with Crippen LogP contribution in [0.2, 0.25) is 0 Å². The van der Waals surface area contributed by atoms with Gasteiger partial charge < -0.3 is 5.73 Å². The van der Waals surface area contributed by atoms with Crippen LogP contribution in [0.4, 0.5) is 0 Å². The van der Waals surface area contributed by atoms with Crippen molar-refractivity contribution in [2.24, 2.45) is 11.7 Å². The zero-order valence-corrected chi connectivity index (χ0v) is 7.85. The van der Waals surface area contributed by atoms with E-state index >= 15 is 0 Å². The molecule has 0 bridgehead atoms. The van der Waals surface area contributed by atoms with Crippen molar-refractivity contribution in [2.75, 3.05) is 0 Å². The molecule has 0 aromatic rings. The van der Waals surface area contributed by atoms with E-state index in [2.05, 4.69) is 33.4 Å². The third-order valence-corrected chi connectivity index (χ3v) is 1.85. The largest absolute Gasteiger partial charge is 0.403 e. The molecule has 0 unspecified atom stereocenters. The van der Waals surface area contributed by atoms with Crippen LogP contribution in [0, 0.1) is 5.92 Å². The van der Waals surface area contributed by atoms with Crippen LogP contribution >= 0.6 is 0 Å². The van der Waals surface area contributed by atoms with E-state index in [-0.39, 0.29) is 0 Å². The Hall–Kier alpha value is -0.720. The first kappa shape index (κ1) is 10.3. The first-order chi connectivity index (χ1) is 5.07. The fourth-order valence-corrected chi connectivity index (χ4v) is 1.07. The molecule has 0 spiro atoms. The van der Waals surface area contributed by atoms with Gasteiger partial charge in [-0.3, -0.25) is 0 Å². The van der Waals surface area contributed by atoms with Gasteiger partial charge in [0.2, 0.25) is 0 Å².